The number of anilines is 1. The van der Waals surface area contributed by atoms with Crippen molar-refractivity contribution in [2.45, 2.75) is 38.7 Å². The lowest BCUT2D eigenvalue weighted by Crippen LogP contribution is -2.49. The Kier molecular flexibility index (Phi) is 4.39. The van der Waals surface area contributed by atoms with Gasteiger partial charge in [-0.3, -0.25) is 4.79 Å². The summed E-state index contributed by atoms with van der Waals surface area (Å²) >= 11 is 0. The third-order valence-electron chi connectivity index (χ3n) is 5.46. The standard InChI is InChI=1S/C18H26N4O2/c1-2-13-9-19-18(20-10-13)22-7-8-24-16-12-21(6-5-15(16)11-22)17(23)14-3-4-14/h9-10,14-16H,2-8,11-12H2,1H3. The van der Waals surface area contributed by atoms with Gasteiger partial charge in [0, 0.05) is 50.4 Å². The predicted octanol–water partition coefficient (Wildman–Crippen LogP) is 1.50. The fraction of sp³-hybridized carbons (Fsp3) is 0.722. The van der Waals surface area contributed by atoms with Gasteiger partial charge in [0.05, 0.1) is 12.7 Å². The number of rotatable bonds is 3. The predicted molar refractivity (Wildman–Crippen MR) is 90.8 cm³/mol. The first-order chi connectivity index (χ1) is 11.7. The van der Waals surface area contributed by atoms with Gasteiger partial charge in [-0.15, -0.1) is 0 Å². The highest BCUT2D eigenvalue weighted by atomic mass is 16.5. The molecule has 2 unspecified atom stereocenters. The number of fused-ring (bicyclic) bond motifs is 1. The van der Waals surface area contributed by atoms with E-state index in [1.807, 2.05) is 17.3 Å². The summed E-state index contributed by atoms with van der Waals surface area (Å²) in [5.41, 5.74) is 1.16. The molecule has 0 N–H and O–H groups in total. The Hall–Kier alpha value is -1.69. The van der Waals surface area contributed by atoms with Gasteiger partial charge >= 0.3 is 0 Å². The van der Waals surface area contributed by atoms with E-state index >= 15 is 0 Å². The molecule has 4 rings (SSSR count). The van der Waals surface area contributed by atoms with Gasteiger partial charge < -0.3 is 14.5 Å². The second kappa shape index (κ2) is 6.67. The Bertz CT molecular complexity index is 587. The Balaban J connectivity index is 1.41. The molecule has 24 heavy (non-hydrogen) atoms. The molecule has 0 spiro atoms. The second-order valence-corrected chi connectivity index (χ2v) is 7.21. The minimum Gasteiger partial charge on any atom is -0.374 e. The van der Waals surface area contributed by atoms with Crippen LogP contribution in [0.15, 0.2) is 12.4 Å². The lowest BCUT2D eigenvalue weighted by molar-refractivity contribution is -0.138. The molecule has 3 fully saturated rings. The second-order valence-electron chi connectivity index (χ2n) is 7.21. The van der Waals surface area contributed by atoms with Crippen LogP contribution in [0.3, 0.4) is 0 Å². The number of nitrogens with zero attached hydrogens (tertiary/aromatic N) is 4. The number of carbonyl (C=O) groups is 1. The van der Waals surface area contributed by atoms with E-state index in [4.69, 9.17) is 4.74 Å². The summed E-state index contributed by atoms with van der Waals surface area (Å²) in [6.45, 7) is 6.13. The highest BCUT2D eigenvalue weighted by molar-refractivity contribution is 5.81. The fourth-order valence-corrected chi connectivity index (χ4v) is 3.72. The molecule has 1 saturated carbocycles. The molecule has 6 heteroatoms. The van der Waals surface area contributed by atoms with Gasteiger partial charge in [0.1, 0.15) is 0 Å². The van der Waals surface area contributed by atoms with Crippen molar-refractivity contribution in [3.8, 4) is 0 Å². The van der Waals surface area contributed by atoms with E-state index in [1.54, 1.807) is 0 Å². The minimum absolute atomic E-state index is 0.154. The van der Waals surface area contributed by atoms with Gasteiger partial charge in [-0.25, -0.2) is 9.97 Å². The average Bonchev–Trinajstić information content (AvgIpc) is 3.47. The summed E-state index contributed by atoms with van der Waals surface area (Å²) in [4.78, 5) is 25.6. The number of aromatic nitrogens is 2. The minimum atomic E-state index is 0.154. The number of piperidine rings is 1. The molecule has 2 saturated heterocycles. The van der Waals surface area contributed by atoms with Crippen LogP contribution in [0.25, 0.3) is 0 Å². The zero-order chi connectivity index (χ0) is 16.5. The molecule has 0 aromatic carbocycles. The van der Waals surface area contributed by atoms with Crippen molar-refractivity contribution in [1.29, 1.82) is 0 Å². The van der Waals surface area contributed by atoms with E-state index in [9.17, 15) is 4.79 Å². The van der Waals surface area contributed by atoms with E-state index < -0.39 is 0 Å². The summed E-state index contributed by atoms with van der Waals surface area (Å²) < 4.78 is 6.09. The van der Waals surface area contributed by atoms with Crippen LogP contribution in [0.2, 0.25) is 0 Å². The zero-order valence-corrected chi connectivity index (χ0v) is 14.4. The number of amides is 1. The van der Waals surface area contributed by atoms with Crippen LogP contribution in [-0.4, -0.2) is 59.7 Å². The number of aryl methyl sites for hydroxylation is 1. The maximum Gasteiger partial charge on any atom is 0.225 e. The molecule has 3 heterocycles. The zero-order valence-electron chi connectivity index (χ0n) is 14.4. The number of carbonyl (C=O) groups excluding carboxylic acids is 1. The monoisotopic (exact) mass is 330 g/mol. The first-order valence-electron chi connectivity index (χ1n) is 9.21. The first kappa shape index (κ1) is 15.8. The topological polar surface area (TPSA) is 58.6 Å². The van der Waals surface area contributed by atoms with Crippen LogP contribution >= 0.6 is 0 Å². The largest absolute Gasteiger partial charge is 0.374 e. The van der Waals surface area contributed by atoms with Crippen molar-refractivity contribution < 1.29 is 9.53 Å². The molecule has 2 atom stereocenters. The summed E-state index contributed by atoms with van der Waals surface area (Å²) in [5, 5.41) is 0. The SMILES string of the molecule is CCc1cnc(N2CCOC3CN(C(=O)C4CC4)CCC3C2)nc1. The fourth-order valence-electron chi connectivity index (χ4n) is 3.72. The van der Waals surface area contributed by atoms with Crippen molar-refractivity contribution in [3.63, 3.8) is 0 Å². The highest BCUT2D eigenvalue weighted by Gasteiger charge is 2.39. The maximum atomic E-state index is 12.3. The highest BCUT2D eigenvalue weighted by Crippen LogP contribution is 2.33. The number of hydrogen-bond acceptors (Lipinski definition) is 5. The molecular formula is C18H26N4O2. The molecular weight excluding hydrogens is 304 g/mol. The molecule has 0 bridgehead atoms. The summed E-state index contributed by atoms with van der Waals surface area (Å²) in [6.07, 6.45) is 8.10. The number of likely N-dealkylation sites (tertiary alicyclic amines) is 1. The number of ether oxygens (including phenoxy) is 1. The van der Waals surface area contributed by atoms with Gasteiger partial charge in [0.25, 0.3) is 0 Å². The van der Waals surface area contributed by atoms with E-state index in [0.717, 1.165) is 63.4 Å². The van der Waals surface area contributed by atoms with Gasteiger partial charge in [0.15, 0.2) is 0 Å². The van der Waals surface area contributed by atoms with Crippen molar-refractivity contribution in [3.05, 3.63) is 18.0 Å². The molecule has 3 aliphatic rings. The Morgan fingerprint density at radius 2 is 2.00 bits per heavy atom. The van der Waals surface area contributed by atoms with Crippen LogP contribution in [0.1, 0.15) is 31.7 Å². The quantitative estimate of drug-likeness (QED) is 0.841. The normalized spacial score (nSPS) is 27.5. The molecule has 2 aliphatic heterocycles. The van der Waals surface area contributed by atoms with Crippen LogP contribution in [-0.2, 0) is 16.0 Å². The summed E-state index contributed by atoms with van der Waals surface area (Å²) in [6, 6.07) is 0. The van der Waals surface area contributed by atoms with E-state index in [0.29, 0.717) is 24.3 Å². The third kappa shape index (κ3) is 3.24. The van der Waals surface area contributed by atoms with Gasteiger partial charge in [-0.2, -0.15) is 0 Å². The third-order valence-corrected chi connectivity index (χ3v) is 5.46. The lowest BCUT2D eigenvalue weighted by atomic mass is 9.93. The molecule has 1 aromatic heterocycles. The van der Waals surface area contributed by atoms with Crippen molar-refractivity contribution in [1.82, 2.24) is 14.9 Å². The van der Waals surface area contributed by atoms with E-state index in [-0.39, 0.29) is 6.10 Å². The summed E-state index contributed by atoms with van der Waals surface area (Å²) in [5.74, 6) is 1.89. The van der Waals surface area contributed by atoms with Crippen LogP contribution in [0, 0.1) is 11.8 Å². The van der Waals surface area contributed by atoms with E-state index in [2.05, 4.69) is 21.8 Å². The van der Waals surface area contributed by atoms with Crippen molar-refractivity contribution >= 4 is 11.9 Å². The van der Waals surface area contributed by atoms with Crippen LogP contribution in [0.4, 0.5) is 5.95 Å². The van der Waals surface area contributed by atoms with E-state index in [1.165, 1.54) is 0 Å². The Labute approximate surface area is 143 Å². The van der Waals surface area contributed by atoms with Crippen molar-refractivity contribution in [2.75, 3.05) is 37.7 Å². The van der Waals surface area contributed by atoms with Crippen molar-refractivity contribution in [2.24, 2.45) is 11.8 Å². The average molecular weight is 330 g/mol. The molecule has 1 amide bonds. The molecule has 6 nitrogen and oxygen atoms in total. The number of hydrogen-bond donors (Lipinski definition) is 0. The first-order valence-corrected chi connectivity index (χ1v) is 9.21. The lowest BCUT2D eigenvalue weighted by Gasteiger charge is -2.38. The Morgan fingerprint density at radius 3 is 2.71 bits per heavy atom. The summed E-state index contributed by atoms with van der Waals surface area (Å²) in [7, 11) is 0. The van der Waals surface area contributed by atoms with Gasteiger partial charge in [-0.1, -0.05) is 6.92 Å². The molecule has 0 radical (unpaired) electrons. The Morgan fingerprint density at radius 1 is 1.21 bits per heavy atom. The molecule has 1 aromatic rings. The molecule has 1 aliphatic carbocycles. The van der Waals surface area contributed by atoms with Gasteiger partial charge in [-0.05, 0) is 31.2 Å². The van der Waals surface area contributed by atoms with Crippen LogP contribution < -0.4 is 4.90 Å². The smallest absolute Gasteiger partial charge is 0.225 e. The van der Waals surface area contributed by atoms with Crippen LogP contribution in [0.5, 0.6) is 0 Å². The molecule has 130 valence electrons. The maximum absolute atomic E-state index is 12.3. The van der Waals surface area contributed by atoms with Gasteiger partial charge in [0.2, 0.25) is 11.9 Å².